The van der Waals surface area contributed by atoms with E-state index >= 15 is 0 Å². The number of allylic oxidation sites excluding steroid dienone is 4. The molecule has 0 aromatic heterocycles. The lowest BCUT2D eigenvalue weighted by atomic mass is 9.93. The lowest BCUT2D eigenvalue weighted by Gasteiger charge is -2.26. The molecular formula is C17H28N2O2. The molecule has 2 amide bonds. The summed E-state index contributed by atoms with van der Waals surface area (Å²) in [5, 5.41) is 15.4. The Morgan fingerprint density at radius 2 is 2.00 bits per heavy atom. The van der Waals surface area contributed by atoms with Gasteiger partial charge in [-0.15, -0.1) is 0 Å². The molecule has 0 radical (unpaired) electrons. The normalized spacial score (nSPS) is 25.3. The average molecular weight is 292 g/mol. The first-order valence-electron chi connectivity index (χ1n) is 8.32. The maximum absolute atomic E-state index is 11.8. The Morgan fingerprint density at radius 3 is 2.71 bits per heavy atom. The Morgan fingerprint density at radius 1 is 1.19 bits per heavy atom. The minimum atomic E-state index is -0.172. The van der Waals surface area contributed by atoms with E-state index in [0.29, 0.717) is 0 Å². The summed E-state index contributed by atoms with van der Waals surface area (Å²) in [7, 11) is 0. The second kappa shape index (κ2) is 8.88. The van der Waals surface area contributed by atoms with Crippen molar-refractivity contribution in [1.82, 2.24) is 10.6 Å². The largest absolute Gasteiger partial charge is 0.393 e. The van der Waals surface area contributed by atoms with Crippen LogP contribution in [0, 0.1) is 0 Å². The van der Waals surface area contributed by atoms with Crippen LogP contribution in [0.1, 0.15) is 57.8 Å². The van der Waals surface area contributed by atoms with Crippen LogP contribution in [-0.2, 0) is 0 Å². The van der Waals surface area contributed by atoms with E-state index < -0.39 is 0 Å². The van der Waals surface area contributed by atoms with Gasteiger partial charge in [-0.3, -0.25) is 0 Å². The molecule has 0 aromatic rings. The third kappa shape index (κ3) is 6.34. The van der Waals surface area contributed by atoms with Gasteiger partial charge in [-0.25, -0.2) is 4.79 Å². The van der Waals surface area contributed by atoms with Gasteiger partial charge in [0.15, 0.2) is 0 Å². The van der Waals surface area contributed by atoms with Crippen LogP contribution in [0.25, 0.3) is 0 Å². The van der Waals surface area contributed by atoms with Gasteiger partial charge in [-0.1, -0.05) is 23.8 Å². The number of amides is 2. The van der Waals surface area contributed by atoms with Crippen LogP contribution in [0.2, 0.25) is 0 Å². The van der Waals surface area contributed by atoms with Gasteiger partial charge in [0.05, 0.1) is 6.10 Å². The molecule has 4 heteroatoms. The highest BCUT2D eigenvalue weighted by atomic mass is 16.3. The Labute approximate surface area is 127 Å². The zero-order chi connectivity index (χ0) is 14.9. The predicted octanol–water partition coefficient (Wildman–Crippen LogP) is 3.04. The Balaban J connectivity index is 1.49. The molecule has 2 rings (SSSR count). The molecular weight excluding hydrogens is 264 g/mol. The quantitative estimate of drug-likeness (QED) is 0.659. The fourth-order valence-electron chi connectivity index (χ4n) is 2.97. The lowest BCUT2D eigenvalue weighted by molar-refractivity contribution is 0.117. The summed E-state index contributed by atoms with van der Waals surface area (Å²) in [5.41, 5.74) is 1.44. The summed E-state index contributed by atoms with van der Waals surface area (Å²) in [6.07, 6.45) is 15.6. The highest BCUT2D eigenvalue weighted by molar-refractivity contribution is 5.74. The van der Waals surface area contributed by atoms with Crippen molar-refractivity contribution >= 4 is 6.03 Å². The molecule has 21 heavy (non-hydrogen) atoms. The maximum atomic E-state index is 11.8. The van der Waals surface area contributed by atoms with Crippen molar-refractivity contribution in [3.8, 4) is 0 Å². The van der Waals surface area contributed by atoms with Crippen LogP contribution >= 0.6 is 0 Å². The number of urea groups is 1. The number of aliphatic hydroxyl groups excluding tert-OH is 1. The standard InChI is InChI=1S/C17H28N2O2/c20-16-11-9-15(10-12-16)19-17(21)18-13-5-4-8-14-6-2-1-3-7-14/h2,6-7,15-16,20H,1,3-5,8-13H2,(H2,18,19,21). The number of hydrogen-bond acceptors (Lipinski definition) is 2. The van der Waals surface area contributed by atoms with Crippen molar-refractivity contribution in [2.45, 2.75) is 69.9 Å². The van der Waals surface area contributed by atoms with E-state index in [4.69, 9.17) is 0 Å². The number of carbonyl (C=O) groups excluding carboxylic acids is 1. The molecule has 0 spiro atoms. The smallest absolute Gasteiger partial charge is 0.315 e. The molecule has 0 saturated heterocycles. The number of hydrogen-bond donors (Lipinski definition) is 3. The SMILES string of the molecule is O=C(NCCCCC1=CCCC=C1)NC1CCC(O)CC1. The van der Waals surface area contributed by atoms with Crippen molar-refractivity contribution in [2.75, 3.05) is 6.54 Å². The van der Waals surface area contributed by atoms with Gasteiger partial charge in [0.25, 0.3) is 0 Å². The van der Waals surface area contributed by atoms with E-state index in [0.717, 1.165) is 51.5 Å². The zero-order valence-corrected chi connectivity index (χ0v) is 12.8. The predicted molar refractivity (Wildman–Crippen MR) is 85.1 cm³/mol. The minimum Gasteiger partial charge on any atom is -0.393 e. The van der Waals surface area contributed by atoms with Crippen LogP contribution in [0.15, 0.2) is 23.8 Å². The molecule has 0 atom stereocenters. The van der Waals surface area contributed by atoms with E-state index in [2.05, 4.69) is 28.9 Å². The second-order valence-electron chi connectivity index (χ2n) is 6.12. The van der Waals surface area contributed by atoms with Crippen molar-refractivity contribution in [1.29, 1.82) is 0 Å². The van der Waals surface area contributed by atoms with Gasteiger partial charge in [-0.2, -0.15) is 0 Å². The molecule has 0 aromatic carbocycles. The van der Waals surface area contributed by atoms with Crippen LogP contribution in [0.5, 0.6) is 0 Å². The molecule has 3 N–H and O–H groups in total. The first-order chi connectivity index (χ1) is 10.2. The van der Waals surface area contributed by atoms with Crippen molar-refractivity contribution in [3.05, 3.63) is 23.8 Å². The van der Waals surface area contributed by atoms with Gasteiger partial charge in [-0.05, 0) is 57.8 Å². The van der Waals surface area contributed by atoms with Gasteiger partial charge < -0.3 is 15.7 Å². The Bertz CT molecular complexity index is 382. The van der Waals surface area contributed by atoms with Crippen LogP contribution in [0.4, 0.5) is 4.79 Å². The van der Waals surface area contributed by atoms with Gasteiger partial charge in [0.1, 0.15) is 0 Å². The first kappa shape index (κ1) is 16.1. The molecule has 118 valence electrons. The first-order valence-corrected chi connectivity index (χ1v) is 8.32. The van der Waals surface area contributed by atoms with Crippen molar-refractivity contribution in [2.24, 2.45) is 0 Å². The molecule has 4 nitrogen and oxygen atoms in total. The monoisotopic (exact) mass is 292 g/mol. The van der Waals surface area contributed by atoms with Crippen LogP contribution in [0.3, 0.4) is 0 Å². The summed E-state index contributed by atoms with van der Waals surface area (Å²) >= 11 is 0. The average Bonchev–Trinajstić information content (AvgIpc) is 2.50. The van der Waals surface area contributed by atoms with E-state index in [-0.39, 0.29) is 18.2 Å². The summed E-state index contributed by atoms with van der Waals surface area (Å²) in [5.74, 6) is 0. The number of nitrogens with one attached hydrogen (secondary N) is 2. The highest BCUT2D eigenvalue weighted by Gasteiger charge is 2.20. The molecule has 0 heterocycles. The number of carbonyl (C=O) groups is 1. The zero-order valence-electron chi connectivity index (χ0n) is 12.8. The van der Waals surface area contributed by atoms with Crippen molar-refractivity contribution in [3.63, 3.8) is 0 Å². The molecule has 2 aliphatic rings. The molecule has 1 fully saturated rings. The molecule has 0 aliphatic heterocycles. The maximum Gasteiger partial charge on any atom is 0.315 e. The highest BCUT2D eigenvalue weighted by Crippen LogP contribution is 2.18. The summed E-state index contributed by atoms with van der Waals surface area (Å²) in [6.45, 7) is 0.734. The van der Waals surface area contributed by atoms with E-state index in [1.807, 2.05) is 0 Å². The van der Waals surface area contributed by atoms with Gasteiger partial charge in [0, 0.05) is 12.6 Å². The van der Waals surface area contributed by atoms with E-state index in [9.17, 15) is 9.90 Å². The second-order valence-corrected chi connectivity index (χ2v) is 6.12. The number of unbranched alkanes of at least 4 members (excludes halogenated alkanes) is 1. The molecule has 0 unspecified atom stereocenters. The van der Waals surface area contributed by atoms with E-state index in [1.165, 1.54) is 18.4 Å². The minimum absolute atomic E-state index is 0.0619. The van der Waals surface area contributed by atoms with Crippen LogP contribution in [-0.4, -0.2) is 29.8 Å². The summed E-state index contributed by atoms with van der Waals surface area (Å²) in [6, 6.07) is 0.166. The lowest BCUT2D eigenvalue weighted by Crippen LogP contribution is -2.44. The summed E-state index contributed by atoms with van der Waals surface area (Å²) in [4.78, 5) is 11.8. The fraction of sp³-hybridized carbons (Fsp3) is 0.706. The number of rotatable bonds is 6. The molecule has 2 aliphatic carbocycles. The van der Waals surface area contributed by atoms with Gasteiger partial charge >= 0.3 is 6.03 Å². The van der Waals surface area contributed by atoms with Crippen LogP contribution < -0.4 is 10.6 Å². The Kier molecular flexibility index (Phi) is 6.80. The van der Waals surface area contributed by atoms with Crippen molar-refractivity contribution < 1.29 is 9.90 Å². The third-order valence-corrected chi connectivity index (χ3v) is 4.28. The molecule has 0 bridgehead atoms. The topological polar surface area (TPSA) is 61.4 Å². The summed E-state index contributed by atoms with van der Waals surface area (Å²) < 4.78 is 0. The molecule has 1 saturated carbocycles. The number of aliphatic hydroxyl groups is 1. The van der Waals surface area contributed by atoms with E-state index in [1.54, 1.807) is 0 Å². The third-order valence-electron chi connectivity index (χ3n) is 4.28. The fourth-order valence-corrected chi connectivity index (χ4v) is 2.97. The van der Waals surface area contributed by atoms with Gasteiger partial charge in [0.2, 0.25) is 0 Å². The Hall–Kier alpha value is -1.29.